The molecule has 0 saturated carbocycles. The first-order valence-electron chi connectivity index (χ1n) is 21.4. The van der Waals surface area contributed by atoms with Crippen LogP contribution in [0, 0.1) is 5.92 Å². The SMILES string of the molecule is COc1ccc([Si](C)(C)[C@@H]2[C@@H](CC(=O)N3Cc4ccccc4C[C@H]3CO)O[C@]3(C(=O)N(Cc4cccc(N5N=C(c6ccccc6)CCC5=O)c4)c4ccc(Br)cc43)[C@H]2C)cc1. The highest BCUT2D eigenvalue weighted by molar-refractivity contribution is 9.10. The molecule has 4 heterocycles. The van der Waals surface area contributed by atoms with Gasteiger partial charge in [-0.1, -0.05) is 120 Å². The molecule has 0 bridgehead atoms. The Hall–Kier alpha value is -5.40. The second-order valence-electron chi connectivity index (χ2n) is 17.5. The fraction of sp³-hybridized carbons (Fsp3) is 0.320. The van der Waals surface area contributed by atoms with Crippen molar-refractivity contribution < 1.29 is 29.0 Å². The third-order valence-electron chi connectivity index (χ3n) is 13.7. The number of aliphatic hydroxyl groups is 1. The van der Waals surface area contributed by atoms with Gasteiger partial charge in [-0.3, -0.25) is 14.4 Å². The Morgan fingerprint density at radius 3 is 2.40 bits per heavy atom. The Morgan fingerprint density at radius 1 is 0.919 bits per heavy atom. The molecule has 4 aliphatic rings. The summed E-state index contributed by atoms with van der Waals surface area (Å²) in [5.74, 6) is 0.0670. The predicted octanol–water partition coefficient (Wildman–Crippen LogP) is 8.09. The van der Waals surface area contributed by atoms with E-state index >= 15 is 4.79 Å². The van der Waals surface area contributed by atoms with E-state index in [4.69, 9.17) is 14.6 Å². The van der Waals surface area contributed by atoms with Crippen LogP contribution >= 0.6 is 15.9 Å². The first-order chi connectivity index (χ1) is 29.9. The Balaban J connectivity index is 1.08. The minimum Gasteiger partial charge on any atom is -0.497 e. The molecule has 3 amide bonds. The molecule has 5 aromatic rings. The number of hydrazone groups is 1. The van der Waals surface area contributed by atoms with Crippen LogP contribution in [0.15, 0.2) is 131 Å². The van der Waals surface area contributed by atoms with E-state index in [1.165, 1.54) is 10.2 Å². The number of hydrogen-bond donors (Lipinski definition) is 1. The van der Waals surface area contributed by atoms with Crippen molar-refractivity contribution in [3.05, 3.63) is 154 Å². The number of rotatable bonds is 10. The van der Waals surface area contributed by atoms with Crippen molar-refractivity contribution in [1.29, 1.82) is 0 Å². The molecule has 1 fully saturated rings. The molecule has 0 aromatic heterocycles. The number of nitrogens with zero attached hydrogens (tertiary/aromatic N) is 4. The summed E-state index contributed by atoms with van der Waals surface area (Å²) < 4.78 is 13.7. The van der Waals surface area contributed by atoms with Crippen molar-refractivity contribution in [2.24, 2.45) is 11.0 Å². The van der Waals surface area contributed by atoms with Gasteiger partial charge in [0.25, 0.3) is 5.91 Å². The van der Waals surface area contributed by atoms with Crippen LogP contribution in [-0.2, 0) is 44.2 Å². The van der Waals surface area contributed by atoms with Gasteiger partial charge in [-0.05, 0) is 76.7 Å². The van der Waals surface area contributed by atoms with Crippen LogP contribution in [0.1, 0.15) is 54.0 Å². The van der Waals surface area contributed by atoms with E-state index in [9.17, 15) is 14.7 Å². The maximum absolute atomic E-state index is 15.6. The van der Waals surface area contributed by atoms with Gasteiger partial charge in [0.2, 0.25) is 11.8 Å². The molecular weight excluding hydrogens is 861 g/mol. The zero-order chi connectivity index (χ0) is 43.3. The first kappa shape index (κ1) is 41.9. The minimum atomic E-state index is -2.56. The number of methoxy groups -OCH3 is 1. The average molecular weight is 912 g/mol. The van der Waals surface area contributed by atoms with Gasteiger partial charge in [0.15, 0.2) is 5.60 Å². The number of hydrogen-bond acceptors (Lipinski definition) is 7. The van der Waals surface area contributed by atoms with Gasteiger partial charge in [0.05, 0.1) is 64.0 Å². The number of benzene rings is 5. The quantitative estimate of drug-likeness (QED) is 0.142. The van der Waals surface area contributed by atoms with Crippen LogP contribution in [0.3, 0.4) is 0 Å². The Labute approximate surface area is 372 Å². The van der Waals surface area contributed by atoms with Crippen LogP contribution in [-0.4, -0.2) is 67.4 Å². The van der Waals surface area contributed by atoms with Gasteiger partial charge in [0.1, 0.15) is 5.75 Å². The molecule has 5 atom stereocenters. The van der Waals surface area contributed by atoms with Gasteiger partial charge in [-0.15, -0.1) is 0 Å². The van der Waals surface area contributed by atoms with Crippen LogP contribution in [0.4, 0.5) is 11.4 Å². The standard InChI is InChI=1S/C50H51BrN4O6Si/c1-32-48(62(3,4)41-20-18-40(60-2)19-21-41)45(28-47(58)53-30-36-15-9-8-14-35(36)26-39(53)31-56)61-50(32)42-27-37(51)17-23-44(42)54(49(50)59)29-33-11-10-16-38(25-33)55-46(57)24-22-43(52-55)34-12-6-5-7-13-34/h5-21,23,25,27,32,39,45,48,56H,22,24,26,28-31H2,1-4H3/t32-,39-,45+,48-,50+/m0/s1. The number of fused-ring (bicyclic) bond motifs is 3. The molecule has 318 valence electrons. The van der Waals surface area contributed by atoms with Crippen molar-refractivity contribution in [2.45, 2.75) is 82.1 Å². The molecule has 10 nitrogen and oxygen atoms in total. The summed E-state index contributed by atoms with van der Waals surface area (Å²) in [6, 6.07) is 39.4. The second kappa shape index (κ2) is 16.7. The van der Waals surface area contributed by atoms with Gasteiger partial charge in [-0.25, -0.2) is 5.01 Å². The summed E-state index contributed by atoms with van der Waals surface area (Å²) in [6.45, 7) is 7.22. The summed E-state index contributed by atoms with van der Waals surface area (Å²) in [7, 11) is -0.905. The zero-order valence-electron chi connectivity index (χ0n) is 35.5. The van der Waals surface area contributed by atoms with Crippen molar-refractivity contribution in [3.63, 3.8) is 0 Å². The fourth-order valence-corrected chi connectivity index (χ4v) is 14.9. The molecule has 0 unspecified atom stereocenters. The predicted molar refractivity (Wildman–Crippen MR) is 247 cm³/mol. The molecule has 1 N–H and O–H groups in total. The van der Waals surface area contributed by atoms with Gasteiger partial charge < -0.3 is 24.4 Å². The number of aliphatic hydroxyl groups excluding tert-OH is 1. The number of amides is 3. The number of halogens is 1. The van der Waals surface area contributed by atoms with Gasteiger partial charge in [0, 0.05) is 35.3 Å². The topological polar surface area (TPSA) is 112 Å². The highest BCUT2D eigenvalue weighted by Gasteiger charge is 2.66. The lowest BCUT2D eigenvalue weighted by molar-refractivity contribution is -0.151. The van der Waals surface area contributed by atoms with E-state index in [-0.39, 0.29) is 54.8 Å². The summed E-state index contributed by atoms with van der Waals surface area (Å²) in [6.07, 6.45) is 0.944. The molecule has 1 spiro atoms. The lowest BCUT2D eigenvalue weighted by atomic mass is 9.82. The average Bonchev–Trinajstić information content (AvgIpc) is 3.71. The summed E-state index contributed by atoms with van der Waals surface area (Å²) in [5, 5.41) is 18.0. The lowest BCUT2D eigenvalue weighted by Gasteiger charge is -2.39. The van der Waals surface area contributed by atoms with Crippen molar-refractivity contribution in [1.82, 2.24) is 4.90 Å². The molecule has 4 aliphatic heterocycles. The molecule has 12 heteroatoms. The Morgan fingerprint density at radius 2 is 1.66 bits per heavy atom. The number of anilines is 2. The third kappa shape index (κ3) is 7.30. The van der Waals surface area contributed by atoms with Crippen LogP contribution in [0.5, 0.6) is 5.75 Å². The molecule has 1 saturated heterocycles. The number of carbonyl (C=O) groups is 3. The van der Waals surface area contributed by atoms with E-state index in [0.717, 1.165) is 49.4 Å². The van der Waals surface area contributed by atoms with Gasteiger partial charge in [-0.2, -0.15) is 5.10 Å². The summed E-state index contributed by atoms with van der Waals surface area (Å²) >= 11 is 3.72. The summed E-state index contributed by atoms with van der Waals surface area (Å²) in [4.78, 5) is 47.2. The molecule has 62 heavy (non-hydrogen) atoms. The smallest absolute Gasteiger partial charge is 0.264 e. The zero-order valence-corrected chi connectivity index (χ0v) is 38.0. The Kier molecular flexibility index (Phi) is 11.3. The van der Waals surface area contributed by atoms with E-state index in [1.807, 2.05) is 103 Å². The van der Waals surface area contributed by atoms with E-state index in [2.05, 4.69) is 54.1 Å². The highest BCUT2D eigenvalue weighted by Crippen LogP contribution is 2.60. The molecule has 0 radical (unpaired) electrons. The van der Waals surface area contributed by atoms with E-state index in [0.29, 0.717) is 31.5 Å². The van der Waals surface area contributed by atoms with Crippen molar-refractivity contribution in [3.8, 4) is 5.75 Å². The molecular formula is C50H51BrN4O6Si. The Bertz CT molecular complexity index is 2570. The maximum atomic E-state index is 15.6. The fourth-order valence-electron chi connectivity index (χ4n) is 10.5. The molecule has 0 aliphatic carbocycles. The largest absolute Gasteiger partial charge is 0.497 e. The summed E-state index contributed by atoms with van der Waals surface area (Å²) in [5.41, 5.74) is 5.48. The first-order valence-corrected chi connectivity index (χ1v) is 25.3. The van der Waals surface area contributed by atoms with E-state index < -0.39 is 19.8 Å². The molecule has 9 rings (SSSR count). The van der Waals surface area contributed by atoms with Crippen LogP contribution in [0.2, 0.25) is 18.6 Å². The monoisotopic (exact) mass is 910 g/mol. The third-order valence-corrected chi connectivity index (χ3v) is 18.5. The van der Waals surface area contributed by atoms with E-state index in [1.54, 1.807) is 16.9 Å². The number of ether oxygens (including phenoxy) is 2. The normalized spacial score (nSPS) is 23.4. The second-order valence-corrected chi connectivity index (χ2v) is 23.1. The van der Waals surface area contributed by atoms with Crippen LogP contribution in [0.25, 0.3) is 0 Å². The van der Waals surface area contributed by atoms with Crippen molar-refractivity contribution >= 4 is 64.0 Å². The van der Waals surface area contributed by atoms with Gasteiger partial charge >= 0.3 is 0 Å². The molecule has 5 aromatic carbocycles. The number of carbonyl (C=O) groups excluding carboxylic acids is 3. The van der Waals surface area contributed by atoms with Crippen molar-refractivity contribution in [2.75, 3.05) is 23.6 Å². The van der Waals surface area contributed by atoms with Crippen LogP contribution < -0.4 is 19.8 Å². The lowest BCUT2D eigenvalue weighted by Crippen LogP contribution is -2.52. The maximum Gasteiger partial charge on any atom is 0.264 e. The minimum absolute atomic E-state index is 0.0655. The highest BCUT2D eigenvalue weighted by atomic mass is 79.9.